The van der Waals surface area contributed by atoms with E-state index in [-0.39, 0.29) is 0 Å². The molecule has 0 fully saturated rings. The molecule has 2 unspecified atom stereocenters. The number of nitrogens with zero attached hydrogens (tertiary/aromatic N) is 2. The van der Waals surface area contributed by atoms with Crippen molar-refractivity contribution in [3.05, 3.63) is 18.0 Å². The van der Waals surface area contributed by atoms with Gasteiger partial charge in [-0.25, -0.2) is 0 Å². The van der Waals surface area contributed by atoms with Gasteiger partial charge in [-0.15, -0.1) is 0 Å². The number of nitrogens with two attached hydrogens (primary N) is 1. The van der Waals surface area contributed by atoms with Gasteiger partial charge in [0.1, 0.15) is 11.6 Å². The second-order valence-corrected chi connectivity index (χ2v) is 5.48. The number of esters is 1. The van der Waals surface area contributed by atoms with Gasteiger partial charge in [-0.3, -0.25) is 9.48 Å². The van der Waals surface area contributed by atoms with E-state index in [1.807, 2.05) is 0 Å². The Balaban J connectivity index is 2.82. The number of ether oxygens (including phenoxy) is 1. The molecule has 0 aromatic carbocycles. The SMILES string of the molecule is CC(C(N)C(=O)OC(C)(C)C)n1ccc(C(F)(F)F)n1. The Morgan fingerprint density at radius 3 is 2.35 bits per heavy atom. The molecule has 0 aliphatic rings. The van der Waals surface area contributed by atoms with Crippen molar-refractivity contribution in [1.29, 1.82) is 0 Å². The summed E-state index contributed by atoms with van der Waals surface area (Å²) in [6.07, 6.45) is -3.39. The molecule has 0 radical (unpaired) electrons. The second kappa shape index (κ2) is 5.43. The maximum Gasteiger partial charge on any atom is 0.435 e. The molecule has 0 saturated heterocycles. The maximum absolute atomic E-state index is 12.4. The predicted molar refractivity (Wildman–Crippen MR) is 65.8 cm³/mol. The zero-order valence-electron chi connectivity index (χ0n) is 11.7. The van der Waals surface area contributed by atoms with Gasteiger partial charge in [-0.05, 0) is 33.8 Å². The van der Waals surface area contributed by atoms with Gasteiger partial charge in [0.2, 0.25) is 0 Å². The first-order valence-corrected chi connectivity index (χ1v) is 6.02. The van der Waals surface area contributed by atoms with E-state index in [0.29, 0.717) is 0 Å². The highest BCUT2D eigenvalue weighted by Crippen LogP contribution is 2.28. The van der Waals surface area contributed by atoms with Gasteiger partial charge in [-0.1, -0.05) is 0 Å². The lowest BCUT2D eigenvalue weighted by molar-refractivity contribution is -0.157. The van der Waals surface area contributed by atoms with Gasteiger partial charge in [0.05, 0.1) is 6.04 Å². The third-order valence-electron chi connectivity index (χ3n) is 2.51. The largest absolute Gasteiger partial charge is 0.459 e. The summed E-state index contributed by atoms with van der Waals surface area (Å²) < 4.78 is 43.4. The minimum atomic E-state index is -4.53. The van der Waals surface area contributed by atoms with E-state index in [1.54, 1.807) is 20.8 Å². The molecule has 0 spiro atoms. The molecule has 5 nitrogen and oxygen atoms in total. The van der Waals surface area contributed by atoms with Crippen molar-refractivity contribution in [1.82, 2.24) is 9.78 Å². The number of alkyl halides is 3. The van der Waals surface area contributed by atoms with Crippen LogP contribution in [0.1, 0.15) is 39.4 Å². The summed E-state index contributed by atoms with van der Waals surface area (Å²) in [6, 6.07) is -1.02. The number of hydrogen-bond acceptors (Lipinski definition) is 4. The average molecular weight is 293 g/mol. The van der Waals surface area contributed by atoms with Crippen LogP contribution >= 0.6 is 0 Å². The molecule has 1 aromatic heterocycles. The van der Waals surface area contributed by atoms with Gasteiger partial charge in [0, 0.05) is 6.20 Å². The van der Waals surface area contributed by atoms with Crippen LogP contribution in [0.3, 0.4) is 0 Å². The number of carbonyl (C=O) groups excluding carboxylic acids is 1. The van der Waals surface area contributed by atoms with Crippen molar-refractivity contribution < 1.29 is 22.7 Å². The fourth-order valence-electron chi connectivity index (χ4n) is 1.45. The first-order valence-electron chi connectivity index (χ1n) is 6.02. The third-order valence-corrected chi connectivity index (χ3v) is 2.51. The van der Waals surface area contributed by atoms with E-state index in [4.69, 9.17) is 10.5 Å². The molecule has 8 heteroatoms. The van der Waals surface area contributed by atoms with Crippen LogP contribution in [0.5, 0.6) is 0 Å². The van der Waals surface area contributed by atoms with Crippen molar-refractivity contribution in [2.45, 2.75) is 51.6 Å². The second-order valence-electron chi connectivity index (χ2n) is 5.48. The summed E-state index contributed by atoms with van der Waals surface area (Å²) >= 11 is 0. The van der Waals surface area contributed by atoms with Crippen LogP contribution in [0.15, 0.2) is 12.3 Å². The van der Waals surface area contributed by atoms with Crippen molar-refractivity contribution in [3.63, 3.8) is 0 Å². The van der Waals surface area contributed by atoms with Crippen molar-refractivity contribution in [2.24, 2.45) is 5.73 Å². The molecular formula is C12H18F3N3O2. The molecule has 1 heterocycles. The number of aromatic nitrogens is 2. The predicted octanol–water partition coefficient (Wildman–Crippen LogP) is 2.13. The van der Waals surface area contributed by atoms with Crippen LogP contribution in [0.4, 0.5) is 13.2 Å². The number of carbonyl (C=O) groups is 1. The maximum atomic E-state index is 12.4. The van der Waals surface area contributed by atoms with Crippen LogP contribution in [0.25, 0.3) is 0 Å². The van der Waals surface area contributed by atoms with Gasteiger partial charge in [0.25, 0.3) is 0 Å². The fraction of sp³-hybridized carbons (Fsp3) is 0.667. The molecule has 2 atom stereocenters. The Kier molecular flexibility index (Phi) is 4.48. The van der Waals surface area contributed by atoms with Crippen LogP contribution in [-0.4, -0.2) is 27.4 Å². The van der Waals surface area contributed by atoms with E-state index in [9.17, 15) is 18.0 Å². The highest BCUT2D eigenvalue weighted by Gasteiger charge is 2.35. The molecule has 1 aromatic rings. The van der Waals surface area contributed by atoms with Crippen molar-refractivity contribution >= 4 is 5.97 Å². The zero-order valence-corrected chi connectivity index (χ0v) is 11.7. The normalized spacial score (nSPS) is 15.8. The summed E-state index contributed by atoms with van der Waals surface area (Å²) in [7, 11) is 0. The topological polar surface area (TPSA) is 70.1 Å². The molecule has 0 aliphatic heterocycles. The first kappa shape index (κ1) is 16.5. The molecular weight excluding hydrogens is 275 g/mol. The molecule has 20 heavy (non-hydrogen) atoms. The van der Waals surface area contributed by atoms with Gasteiger partial charge in [-0.2, -0.15) is 18.3 Å². The summed E-state index contributed by atoms with van der Waals surface area (Å²) in [5.41, 5.74) is 3.96. The number of hydrogen-bond donors (Lipinski definition) is 1. The Morgan fingerprint density at radius 1 is 1.40 bits per heavy atom. The summed E-state index contributed by atoms with van der Waals surface area (Å²) in [5.74, 6) is -0.686. The molecule has 0 bridgehead atoms. The molecule has 1 rings (SSSR count). The molecule has 0 amide bonds. The van der Waals surface area contributed by atoms with Gasteiger partial charge < -0.3 is 10.5 Å². The summed E-state index contributed by atoms with van der Waals surface area (Å²) in [5, 5.41) is 3.39. The Morgan fingerprint density at radius 2 is 1.95 bits per heavy atom. The van der Waals surface area contributed by atoms with E-state index in [0.717, 1.165) is 16.9 Å². The lowest BCUT2D eigenvalue weighted by atomic mass is 10.1. The fourth-order valence-corrected chi connectivity index (χ4v) is 1.45. The Bertz CT molecular complexity index is 477. The Labute approximate surface area is 114 Å². The lowest BCUT2D eigenvalue weighted by Gasteiger charge is -2.25. The van der Waals surface area contributed by atoms with E-state index < -0.39 is 35.5 Å². The van der Waals surface area contributed by atoms with Crippen LogP contribution in [0.2, 0.25) is 0 Å². The molecule has 114 valence electrons. The molecule has 0 aliphatic carbocycles. The van der Waals surface area contributed by atoms with Crippen LogP contribution < -0.4 is 5.73 Å². The van der Waals surface area contributed by atoms with Gasteiger partial charge in [0.15, 0.2) is 5.69 Å². The standard InChI is InChI=1S/C12H18F3N3O2/c1-7(9(16)10(19)20-11(2,3)4)18-6-5-8(17-18)12(13,14)15/h5-7,9H,16H2,1-4H3. The average Bonchev–Trinajstić information content (AvgIpc) is 2.73. The molecule has 2 N–H and O–H groups in total. The van der Waals surface area contributed by atoms with E-state index in [1.165, 1.54) is 6.92 Å². The monoisotopic (exact) mass is 293 g/mol. The Hall–Kier alpha value is -1.57. The van der Waals surface area contributed by atoms with E-state index >= 15 is 0 Å². The van der Waals surface area contributed by atoms with Crippen LogP contribution in [-0.2, 0) is 15.7 Å². The first-order chi connectivity index (χ1) is 8.92. The summed E-state index contributed by atoms with van der Waals surface area (Å²) in [4.78, 5) is 11.8. The number of halogens is 3. The molecule has 0 saturated carbocycles. The van der Waals surface area contributed by atoms with Crippen molar-refractivity contribution in [3.8, 4) is 0 Å². The van der Waals surface area contributed by atoms with Crippen LogP contribution in [0, 0.1) is 0 Å². The minimum absolute atomic E-state index is 0.686. The highest BCUT2D eigenvalue weighted by atomic mass is 19.4. The third kappa shape index (κ3) is 4.22. The van der Waals surface area contributed by atoms with Crippen molar-refractivity contribution in [2.75, 3.05) is 0 Å². The number of rotatable bonds is 3. The smallest absolute Gasteiger partial charge is 0.435 e. The van der Waals surface area contributed by atoms with E-state index in [2.05, 4.69) is 5.10 Å². The quantitative estimate of drug-likeness (QED) is 0.867. The van der Waals surface area contributed by atoms with Gasteiger partial charge >= 0.3 is 12.1 Å². The highest BCUT2D eigenvalue weighted by molar-refractivity contribution is 5.76. The lowest BCUT2D eigenvalue weighted by Crippen LogP contribution is -2.42. The minimum Gasteiger partial charge on any atom is -0.459 e. The zero-order chi connectivity index (χ0) is 15.7. The summed E-state index contributed by atoms with van der Waals surface area (Å²) in [6.45, 7) is 6.54.